The first-order valence-corrected chi connectivity index (χ1v) is 6.25. The zero-order valence-electron chi connectivity index (χ0n) is 8.84. The number of aryl methyl sites for hydroxylation is 3. The van der Waals surface area contributed by atoms with Crippen LogP contribution in [0.4, 0.5) is 5.69 Å². The van der Waals surface area contributed by atoms with Crippen LogP contribution in [0.25, 0.3) is 10.2 Å². The van der Waals surface area contributed by atoms with Crippen LogP contribution in [0.1, 0.15) is 29.0 Å². The molecule has 0 fully saturated rings. The van der Waals surface area contributed by atoms with Gasteiger partial charge in [0.25, 0.3) is 0 Å². The van der Waals surface area contributed by atoms with Crippen molar-refractivity contribution < 1.29 is 0 Å². The van der Waals surface area contributed by atoms with Crippen molar-refractivity contribution >= 4 is 27.2 Å². The van der Waals surface area contributed by atoms with E-state index in [0.717, 1.165) is 16.2 Å². The summed E-state index contributed by atoms with van der Waals surface area (Å²) in [6.45, 7) is 2.05. The Morgan fingerprint density at radius 3 is 3.00 bits per heavy atom. The van der Waals surface area contributed by atoms with Gasteiger partial charge in [-0.1, -0.05) is 0 Å². The topological polar surface area (TPSA) is 38.9 Å². The van der Waals surface area contributed by atoms with Crippen LogP contribution < -0.4 is 5.73 Å². The maximum atomic E-state index is 6.04. The van der Waals surface area contributed by atoms with Gasteiger partial charge >= 0.3 is 0 Å². The van der Waals surface area contributed by atoms with E-state index < -0.39 is 0 Å². The average Bonchev–Trinajstić information content (AvgIpc) is 2.61. The summed E-state index contributed by atoms with van der Waals surface area (Å²) in [5.74, 6) is 0. The summed E-state index contributed by atoms with van der Waals surface area (Å²) in [5.41, 5.74) is 10.9. The van der Waals surface area contributed by atoms with Crippen LogP contribution >= 0.6 is 11.3 Å². The largest absolute Gasteiger partial charge is 0.397 e. The lowest BCUT2D eigenvalue weighted by atomic mass is 9.91. The highest BCUT2D eigenvalue weighted by molar-refractivity contribution is 7.18. The summed E-state index contributed by atoms with van der Waals surface area (Å²) < 4.78 is 1.34. The molecule has 1 aromatic carbocycles. The molecule has 78 valence electrons. The molecule has 0 unspecified atom stereocenters. The minimum absolute atomic E-state index is 0.856. The van der Waals surface area contributed by atoms with Crippen molar-refractivity contribution in [3.05, 3.63) is 22.2 Å². The van der Waals surface area contributed by atoms with Crippen LogP contribution in [0, 0.1) is 6.92 Å². The molecule has 1 aromatic heterocycles. The molecular weight excluding hydrogens is 204 g/mol. The van der Waals surface area contributed by atoms with Gasteiger partial charge < -0.3 is 5.73 Å². The molecule has 0 radical (unpaired) electrons. The van der Waals surface area contributed by atoms with E-state index in [1.807, 2.05) is 0 Å². The number of hydrogen-bond donors (Lipinski definition) is 1. The summed E-state index contributed by atoms with van der Waals surface area (Å²) in [4.78, 5) is 4.51. The Bertz CT molecular complexity index is 528. The fourth-order valence-electron chi connectivity index (χ4n) is 2.43. The van der Waals surface area contributed by atoms with E-state index in [0.29, 0.717) is 0 Å². The number of fused-ring (bicyclic) bond motifs is 3. The van der Waals surface area contributed by atoms with E-state index in [1.54, 1.807) is 11.3 Å². The first kappa shape index (κ1) is 9.16. The Balaban J connectivity index is 2.38. The lowest BCUT2D eigenvalue weighted by Crippen LogP contribution is -2.04. The van der Waals surface area contributed by atoms with Crippen LogP contribution in [0.5, 0.6) is 0 Å². The maximum absolute atomic E-state index is 6.04. The van der Waals surface area contributed by atoms with Gasteiger partial charge in [-0.05, 0) is 49.8 Å². The Labute approximate surface area is 93.1 Å². The molecular formula is C12H14N2S. The molecule has 3 heteroatoms. The van der Waals surface area contributed by atoms with Crippen LogP contribution in [-0.4, -0.2) is 4.98 Å². The molecule has 0 spiro atoms. The second kappa shape index (κ2) is 3.20. The number of rotatable bonds is 0. The van der Waals surface area contributed by atoms with Crippen molar-refractivity contribution in [2.45, 2.75) is 32.6 Å². The lowest BCUT2D eigenvalue weighted by molar-refractivity contribution is 0.691. The number of aromatic nitrogens is 1. The van der Waals surface area contributed by atoms with Crippen LogP contribution in [0.2, 0.25) is 0 Å². The molecule has 0 atom stereocenters. The highest BCUT2D eigenvalue weighted by Gasteiger charge is 2.16. The lowest BCUT2D eigenvalue weighted by Gasteiger charge is -2.16. The highest BCUT2D eigenvalue weighted by Crippen LogP contribution is 2.35. The molecule has 1 aliphatic carbocycles. The number of benzene rings is 1. The van der Waals surface area contributed by atoms with Crippen molar-refractivity contribution in [1.82, 2.24) is 4.98 Å². The third-order valence-electron chi connectivity index (χ3n) is 3.12. The third-order valence-corrected chi connectivity index (χ3v) is 4.15. The number of nitrogens with zero attached hydrogens (tertiary/aromatic N) is 1. The number of nitrogens with two attached hydrogens (primary N) is 1. The van der Waals surface area contributed by atoms with Crippen molar-refractivity contribution in [2.75, 3.05) is 5.73 Å². The maximum Gasteiger partial charge on any atom is 0.105 e. The number of thiazole rings is 1. The number of anilines is 1. The van der Waals surface area contributed by atoms with Crippen molar-refractivity contribution in [1.29, 1.82) is 0 Å². The SMILES string of the molecule is Cc1nc2c(N)cc3c(c2s1)CCCC3. The monoisotopic (exact) mass is 218 g/mol. The van der Waals surface area contributed by atoms with Crippen LogP contribution in [0.3, 0.4) is 0 Å². The summed E-state index contributed by atoms with van der Waals surface area (Å²) in [7, 11) is 0. The number of nitrogen functional groups attached to an aromatic ring is 1. The van der Waals surface area contributed by atoms with Gasteiger partial charge in [0.15, 0.2) is 0 Å². The Morgan fingerprint density at radius 1 is 1.33 bits per heavy atom. The molecule has 0 saturated heterocycles. The Kier molecular flexibility index (Phi) is 1.96. The normalized spacial score (nSPS) is 15.5. The van der Waals surface area contributed by atoms with Crippen molar-refractivity contribution in [2.24, 2.45) is 0 Å². The molecule has 2 N–H and O–H groups in total. The van der Waals surface area contributed by atoms with Gasteiger partial charge in [0.1, 0.15) is 5.52 Å². The van der Waals surface area contributed by atoms with E-state index in [1.165, 1.54) is 41.5 Å². The minimum Gasteiger partial charge on any atom is -0.397 e. The highest BCUT2D eigenvalue weighted by atomic mass is 32.1. The molecule has 0 aliphatic heterocycles. The Morgan fingerprint density at radius 2 is 2.13 bits per heavy atom. The second-order valence-electron chi connectivity index (χ2n) is 4.22. The van der Waals surface area contributed by atoms with Crippen LogP contribution in [0.15, 0.2) is 6.07 Å². The molecule has 2 nitrogen and oxygen atoms in total. The summed E-state index contributed by atoms with van der Waals surface area (Å²) >= 11 is 1.79. The smallest absolute Gasteiger partial charge is 0.105 e. The molecule has 15 heavy (non-hydrogen) atoms. The fourth-order valence-corrected chi connectivity index (χ4v) is 3.48. The molecule has 0 bridgehead atoms. The molecule has 0 amide bonds. The molecule has 2 aromatic rings. The number of hydrogen-bond acceptors (Lipinski definition) is 3. The molecule has 1 aliphatic rings. The fraction of sp³-hybridized carbons (Fsp3) is 0.417. The molecule has 1 heterocycles. The molecule has 3 rings (SSSR count). The van der Waals surface area contributed by atoms with Gasteiger partial charge in [-0.25, -0.2) is 4.98 Å². The van der Waals surface area contributed by atoms with Gasteiger partial charge in [0, 0.05) is 0 Å². The van der Waals surface area contributed by atoms with Crippen LogP contribution in [-0.2, 0) is 12.8 Å². The third kappa shape index (κ3) is 1.34. The van der Waals surface area contributed by atoms with Gasteiger partial charge in [-0.2, -0.15) is 0 Å². The van der Waals surface area contributed by atoms with Crippen molar-refractivity contribution in [3.63, 3.8) is 0 Å². The summed E-state index contributed by atoms with van der Waals surface area (Å²) in [5, 5.41) is 1.12. The minimum atomic E-state index is 0.856. The van der Waals surface area contributed by atoms with E-state index in [4.69, 9.17) is 5.73 Å². The quantitative estimate of drug-likeness (QED) is 0.690. The van der Waals surface area contributed by atoms with E-state index >= 15 is 0 Å². The summed E-state index contributed by atoms with van der Waals surface area (Å²) in [6.07, 6.45) is 5.00. The van der Waals surface area contributed by atoms with Gasteiger partial charge in [0.05, 0.1) is 15.4 Å². The average molecular weight is 218 g/mol. The van der Waals surface area contributed by atoms with Crippen molar-refractivity contribution in [3.8, 4) is 0 Å². The zero-order valence-corrected chi connectivity index (χ0v) is 9.66. The second-order valence-corrected chi connectivity index (χ2v) is 5.42. The van der Waals surface area contributed by atoms with E-state index in [2.05, 4.69) is 18.0 Å². The van der Waals surface area contributed by atoms with E-state index in [9.17, 15) is 0 Å². The van der Waals surface area contributed by atoms with Gasteiger partial charge in [-0.3, -0.25) is 0 Å². The predicted molar refractivity (Wildman–Crippen MR) is 65.4 cm³/mol. The van der Waals surface area contributed by atoms with E-state index in [-0.39, 0.29) is 0 Å². The predicted octanol–water partition coefficient (Wildman–Crippen LogP) is 3.07. The standard InChI is InChI=1S/C12H14N2S/c1-7-14-11-10(13)6-8-4-2-3-5-9(8)12(11)15-7/h6H,2-5,13H2,1H3. The molecule has 0 saturated carbocycles. The van der Waals surface area contributed by atoms with Gasteiger partial charge in [-0.15, -0.1) is 11.3 Å². The first-order valence-electron chi connectivity index (χ1n) is 5.43. The Hall–Kier alpha value is -1.09. The summed E-state index contributed by atoms with van der Waals surface area (Å²) in [6, 6.07) is 2.13. The zero-order chi connectivity index (χ0) is 10.4. The van der Waals surface area contributed by atoms with Gasteiger partial charge in [0.2, 0.25) is 0 Å². The first-order chi connectivity index (χ1) is 7.25.